The largest absolute Gasteiger partial charge is 0.480 e. The van der Waals surface area contributed by atoms with Gasteiger partial charge in [-0.1, -0.05) is 13.8 Å². The van der Waals surface area contributed by atoms with Gasteiger partial charge in [-0.3, -0.25) is 14.4 Å². The van der Waals surface area contributed by atoms with E-state index in [4.69, 9.17) is 15.9 Å². The van der Waals surface area contributed by atoms with Crippen molar-refractivity contribution in [2.75, 3.05) is 13.2 Å². The molecule has 0 aromatic carbocycles. The minimum Gasteiger partial charge on any atom is -0.480 e. The van der Waals surface area contributed by atoms with Crippen LogP contribution in [0.15, 0.2) is 0 Å². The number of carboxylic acid groups (broad SMARTS) is 1. The van der Waals surface area contributed by atoms with Crippen LogP contribution in [0.4, 0.5) is 0 Å². The van der Waals surface area contributed by atoms with Crippen LogP contribution >= 0.6 is 0 Å². The summed E-state index contributed by atoms with van der Waals surface area (Å²) >= 11 is 0. The number of aliphatic carboxylic acids is 1. The molecule has 0 aliphatic heterocycles. The zero-order valence-corrected chi connectivity index (χ0v) is 13.3. The molecule has 3 atom stereocenters. The Kier molecular flexibility index (Phi) is 8.81. The van der Waals surface area contributed by atoms with Crippen LogP contribution in [0, 0.1) is 5.92 Å². The van der Waals surface area contributed by atoms with Crippen molar-refractivity contribution >= 4 is 23.7 Å². The van der Waals surface area contributed by atoms with Gasteiger partial charge in [0.25, 0.3) is 0 Å². The fourth-order valence-corrected chi connectivity index (χ4v) is 1.62. The second-order valence-electron chi connectivity index (χ2n) is 5.31. The molecule has 10 nitrogen and oxygen atoms in total. The SMILES string of the molecule is CC(NC(=O)C(CO)NC(=O)CN)C(=O)NC(C(=O)O)C(C)C. The molecule has 132 valence electrons. The van der Waals surface area contributed by atoms with Crippen LogP contribution in [0.5, 0.6) is 0 Å². The number of hydrogen-bond acceptors (Lipinski definition) is 6. The molecule has 3 unspecified atom stereocenters. The van der Waals surface area contributed by atoms with Gasteiger partial charge in [-0.25, -0.2) is 4.79 Å². The minimum absolute atomic E-state index is 0.339. The van der Waals surface area contributed by atoms with Crippen LogP contribution in [0.3, 0.4) is 0 Å². The summed E-state index contributed by atoms with van der Waals surface area (Å²) in [6.45, 7) is 3.59. The summed E-state index contributed by atoms with van der Waals surface area (Å²) in [4.78, 5) is 46.0. The van der Waals surface area contributed by atoms with E-state index >= 15 is 0 Å². The van der Waals surface area contributed by atoms with Crippen molar-refractivity contribution in [3.63, 3.8) is 0 Å². The van der Waals surface area contributed by atoms with Crippen molar-refractivity contribution in [1.82, 2.24) is 16.0 Å². The van der Waals surface area contributed by atoms with Gasteiger partial charge in [0.05, 0.1) is 13.2 Å². The summed E-state index contributed by atoms with van der Waals surface area (Å²) < 4.78 is 0. The quantitative estimate of drug-likeness (QED) is 0.264. The van der Waals surface area contributed by atoms with Gasteiger partial charge in [0.15, 0.2) is 0 Å². The molecule has 0 aromatic rings. The van der Waals surface area contributed by atoms with Crippen LogP contribution in [-0.4, -0.2) is 65.2 Å². The Morgan fingerprint density at radius 2 is 1.57 bits per heavy atom. The number of amides is 3. The molecule has 0 saturated heterocycles. The molecule has 10 heteroatoms. The number of carbonyl (C=O) groups is 4. The zero-order chi connectivity index (χ0) is 18.2. The van der Waals surface area contributed by atoms with Crippen molar-refractivity contribution in [2.45, 2.75) is 38.9 Å². The monoisotopic (exact) mass is 332 g/mol. The smallest absolute Gasteiger partial charge is 0.326 e. The van der Waals surface area contributed by atoms with Crippen molar-refractivity contribution in [3.05, 3.63) is 0 Å². The van der Waals surface area contributed by atoms with Gasteiger partial charge in [-0.2, -0.15) is 0 Å². The summed E-state index contributed by atoms with van der Waals surface area (Å²) in [7, 11) is 0. The van der Waals surface area contributed by atoms with Gasteiger partial charge >= 0.3 is 5.97 Å². The standard InChI is InChI=1S/C13H24N4O6/c1-6(2)10(13(22)23)17-11(20)7(3)15-12(21)8(5-18)16-9(19)4-14/h6-8,10,18H,4-5,14H2,1-3H3,(H,15,21)(H,16,19)(H,17,20)(H,22,23). The van der Waals surface area contributed by atoms with Crippen molar-refractivity contribution < 1.29 is 29.4 Å². The normalized spacial score (nSPS) is 14.5. The van der Waals surface area contributed by atoms with E-state index in [1.54, 1.807) is 13.8 Å². The van der Waals surface area contributed by atoms with Crippen LogP contribution in [0.1, 0.15) is 20.8 Å². The molecule has 0 aliphatic carbocycles. The van der Waals surface area contributed by atoms with Gasteiger partial charge < -0.3 is 31.9 Å². The molecular formula is C13H24N4O6. The third-order valence-electron chi connectivity index (χ3n) is 3.00. The predicted molar refractivity (Wildman–Crippen MR) is 80.1 cm³/mol. The highest BCUT2D eigenvalue weighted by Gasteiger charge is 2.28. The van der Waals surface area contributed by atoms with Crippen LogP contribution < -0.4 is 21.7 Å². The molecule has 0 aromatic heterocycles. The Labute approximate surface area is 133 Å². The molecule has 0 radical (unpaired) electrons. The molecule has 0 saturated carbocycles. The molecule has 7 N–H and O–H groups in total. The molecule has 0 fully saturated rings. The van der Waals surface area contributed by atoms with E-state index < -0.39 is 48.4 Å². The van der Waals surface area contributed by atoms with Gasteiger partial charge in [0.2, 0.25) is 17.7 Å². The van der Waals surface area contributed by atoms with Gasteiger partial charge in [0, 0.05) is 0 Å². The third-order valence-corrected chi connectivity index (χ3v) is 3.00. The maximum atomic E-state index is 11.9. The molecule has 0 rings (SSSR count). The van der Waals surface area contributed by atoms with Crippen molar-refractivity contribution in [1.29, 1.82) is 0 Å². The Balaban J connectivity index is 4.68. The van der Waals surface area contributed by atoms with Gasteiger partial charge in [-0.05, 0) is 12.8 Å². The molecule has 0 aliphatic rings. The fraction of sp³-hybridized carbons (Fsp3) is 0.692. The highest BCUT2D eigenvalue weighted by molar-refractivity contribution is 5.93. The lowest BCUT2D eigenvalue weighted by Gasteiger charge is -2.22. The second-order valence-corrected chi connectivity index (χ2v) is 5.31. The second kappa shape index (κ2) is 9.74. The number of rotatable bonds is 9. The summed E-state index contributed by atoms with van der Waals surface area (Å²) in [5, 5.41) is 24.9. The third kappa shape index (κ3) is 7.06. The predicted octanol–water partition coefficient (Wildman–Crippen LogP) is -2.85. The molecule has 3 amide bonds. The van der Waals surface area contributed by atoms with Gasteiger partial charge in [0.1, 0.15) is 18.1 Å². The minimum atomic E-state index is -1.25. The number of carboxylic acids is 1. The average molecular weight is 332 g/mol. The number of aliphatic hydroxyl groups excluding tert-OH is 1. The summed E-state index contributed by atoms with van der Waals surface area (Å²) in [6, 6.07) is -3.39. The van der Waals surface area contributed by atoms with Crippen LogP contribution in [0.2, 0.25) is 0 Å². The van der Waals surface area contributed by atoms with E-state index in [2.05, 4.69) is 16.0 Å². The van der Waals surface area contributed by atoms with E-state index in [1.807, 2.05) is 0 Å². The van der Waals surface area contributed by atoms with Crippen LogP contribution in [0.25, 0.3) is 0 Å². The number of nitrogens with one attached hydrogen (secondary N) is 3. The molecule has 0 bridgehead atoms. The van der Waals surface area contributed by atoms with E-state index in [9.17, 15) is 19.2 Å². The molecule has 0 spiro atoms. The first-order chi connectivity index (χ1) is 10.6. The zero-order valence-electron chi connectivity index (χ0n) is 13.3. The first-order valence-corrected chi connectivity index (χ1v) is 7.07. The Morgan fingerprint density at radius 1 is 1.00 bits per heavy atom. The first-order valence-electron chi connectivity index (χ1n) is 7.07. The van der Waals surface area contributed by atoms with Crippen LogP contribution in [-0.2, 0) is 19.2 Å². The Morgan fingerprint density at radius 3 is 1.96 bits per heavy atom. The van der Waals surface area contributed by atoms with E-state index in [-0.39, 0.29) is 12.5 Å². The first kappa shape index (κ1) is 20.8. The lowest BCUT2D eigenvalue weighted by molar-refractivity contribution is -0.143. The highest BCUT2D eigenvalue weighted by atomic mass is 16.4. The maximum Gasteiger partial charge on any atom is 0.326 e. The lowest BCUT2D eigenvalue weighted by atomic mass is 10.0. The fourth-order valence-electron chi connectivity index (χ4n) is 1.62. The molecule has 23 heavy (non-hydrogen) atoms. The highest BCUT2D eigenvalue weighted by Crippen LogP contribution is 2.02. The topological polar surface area (TPSA) is 171 Å². The Bertz CT molecular complexity index is 454. The lowest BCUT2D eigenvalue weighted by Crippen LogP contribution is -2.56. The van der Waals surface area contributed by atoms with E-state index in [0.717, 1.165) is 0 Å². The Hall–Kier alpha value is -2.20. The summed E-state index contributed by atoms with van der Waals surface area (Å²) in [5.41, 5.74) is 5.09. The van der Waals surface area contributed by atoms with E-state index in [0.29, 0.717) is 0 Å². The number of aliphatic hydroxyl groups is 1. The molecular weight excluding hydrogens is 308 g/mol. The van der Waals surface area contributed by atoms with Gasteiger partial charge in [-0.15, -0.1) is 0 Å². The number of nitrogens with two attached hydrogens (primary N) is 1. The molecule has 0 heterocycles. The summed E-state index contributed by atoms with van der Waals surface area (Å²) in [6.07, 6.45) is 0. The average Bonchev–Trinajstić information content (AvgIpc) is 2.48. The van der Waals surface area contributed by atoms with Crippen molar-refractivity contribution in [3.8, 4) is 0 Å². The van der Waals surface area contributed by atoms with E-state index in [1.165, 1.54) is 6.92 Å². The number of carbonyl (C=O) groups excluding carboxylic acids is 3. The maximum absolute atomic E-state index is 11.9. The number of hydrogen-bond donors (Lipinski definition) is 6. The van der Waals surface area contributed by atoms with Crippen molar-refractivity contribution in [2.24, 2.45) is 11.7 Å². The summed E-state index contributed by atoms with van der Waals surface area (Å²) in [5.74, 6) is -3.64.